The van der Waals surface area contributed by atoms with Crippen molar-refractivity contribution in [3.05, 3.63) is 72.3 Å². The average molecular weight is 438 g/mol. The first-order chi connectivity index (χ1) is 15.5. The fourth-order valence-electron chi connectivity index (χ4n) is 3.89. The van der Waals surface area contributed by atoms with E-state index in [1.165, 1.54) is 0 Å². The van der Waals surface area contributed by atoms with E-state index in [0.717, 1.165) is 37.0 Å². The fraction of sp³-hybridized carbons (Fsp3) is 0.385. The van der Waals surface area contributed by atoms with Crippen LogP contribution in [-0.2, 0) is 9.59 Å². The summed E-state index contributed by atoms with van der Waals surface area (Å²) in [6.07, 6.45) is 7.63. The number of unbranched alkanes of at least 4 members (excludes halogenated alkanes) is 3. The molecule has 0 aromatic heterocycles. The van der Waals surface area contributed by atoms with Gasteiger partial charge < -0.3 is 19.8 Å². The van der Waals surface area contributed by atoms with Crippen LogP contribution in [0.2, 0.25) is 0 Å². The van der Waals surface area contributed by atoms with E-state index in [2.05, 4.69) is 0 Å². The van der Waals surface area contributed by atoms with Gasteiger partial charge in [0.1, 0.15) is 11.5 Å². The fourth-order valence-corrected chi connectivity index (χ4v) is 3.89. The summed E-state index contributed by atoms with van der Waals surface area (Å²) in [5.74, 6) is 0.762. The van der Waals surface area contributed by atoms with Gasteiger partial charge in [-0.15, -0.1) is 0 Å². The largest absolute Gasteiger partial charge is 0.481 e. The molecule has 0 spiro atoms. The molecular formula is C26H31NO5. The maximum atomic E-state index is 12.3. The highest BCUT2D eigenvalue weighted by Gasteiger charge is 2.28. The second-order valence-corrected chi connectivity index (χ2v) is 8.07. The molecule has 1 aliphatic rings. The number of carbonyl (C=O) groups is 2. The van der Waals surface area contributed by atoms with E-state index >= 15 is 0 Å². The number of hydrogen-bond acceptors (Lipinski definition) is 4. The molecule has 0 radical (unpaired) electrons. The number of rotatable bonds is 12. The van der Waals surface area contributed by atoms with Gasteiger partial charge in [0.15, 0.2) is 0 Å². The summed E-state index contributed by atoms with van der Waals surface area (Å²) in [6, 6.07) is 16.8. The van der Waals surface area contributed by atoms with E-state index in [1.54, 1.807) is 6.08 Å². The normalized spacial score (nSPS) is 17.1. The summed E-state index contributed by atoms with van der Waals surface area (Å²) in [7, 11) is 0. The highest BCUT2D eigenvalue weighted by atomic mass is 16.5. The first-order valence-electron chi connectivity index (χ1n) is 11.2. The number of ether oxygens (including phenoxy) is 1. The maximum absolute atomic E-state index is 12.3. The second kappa shape index (κ2) is 12.1. The lowest BCUT2D eigenvalue weighted by molar-refractivity contribution is -0.137. The van der Waals surface area contributed by atoms with Gasteiger partial charge in [-0.1, -0.05) is 55.3 Å². The Kier molecular flexibility index (Phi) is 8.87. The van der Waals surface area contributed by atoms with Crippen LogP contribution in [0, 0.1) is 0 Å². The molecule has 0 bridgehead atoms. The number of para-hydroxylation sites is 1. The van der Waals surface area contributed by atoms with Gasteiger partial charge in [0.2, 0.25) is 5.91 Å². The first-order valence-corrected chi connectivity index (χ1v) is 11.2. The van der Waals surface area contributed by atoms with Gasteiger partial charge in [-0.2, -0.15) is 0 Å². The molecule has 2 atom stereocenters. The van der Waals surface area contributed by atoms with Crippen LogP contribution in [0.1, 0.15) is 56.6 Å². The van der Waals surface area contributed by atoms with Crippen molar-refractivity contribution in [2.75, 3.05) is 6.54 Å². The number of carbonyl (C=O) groups excluding carboxylic acids is 1. The standard InChI is InChI=1S/C26H31NO5/c28-24(20-9-8-12-23(19-20)32-22-10-4-3-5-11-22)16-14-21-15-17-25(29)27(21)18-7-2-1-6-13-26(30)31/h3-5,8-12,14,16,19,21,24,28H,1-2,6-7,13,15,17-18H2,(H,30,31)/b16-14+/t21-,24+/m0/s1. The topological polar surface area (TPSA) is 87.1 Å². The van der Waals surface area contributed by atoms with Crippen molar-refractivity contribution in [3.63, 3.8) is 0 Å². The molecule has 1 amide bonds. The summed E-state index contributed by atoms with van der Waals surface area (Å²) in [5, 5.41) is 19.3. The van der Waals surface area contributed by atoms with Crippen LogP contribution in [-0.4, -0.2) is 39.6 Å². The van der Waals surface area contributed by atoms with Crippen molar-refractivity contribution in [1.82, 2.24) is 4.90 Å². The molecule has 2 aromatic carbocycles. The van der Waals surface area contributed by atoms with E-state index in [9.17, 15) is 14.7 Å². The molecule has 1 saturated heterocycles. The van der Waals surface area contributed by atoms with E-state index in [1.807, 2.05) is 65.6 Å². The highest BCUT2D eigenvalue weighted by molar-refractivity contribution is 5.79. The van der Waals surface area contributed by atoms with Gasteiger partial charge in [-0.25, -0.2) is 0 Å². The molecule has 2 aromatic rings. The smallest absolute Gasteiger partial charge is 0.303 e. The second-order valence-electron chi connectivity index (χ2n) is 8.07. The molecule has 1 fully saturated rings. The molecule has 6 heteroatoms. The first kappa shape index (κ1) is 23.5. The zero-order valence-corrected chi connectivity index (χ0v) is 18.2. The number of aliphatic hydroxyl groups excluding tert-OH is 1. The molecular weight excluding hydrogens is 406 g/mol. The number of aliphatic carboxylic acids is 1. The van der Waals surface area contributed by atoms with Crippen LogP contribution < -0.4 is 4.74 Å². The molecule has 2 N–H and O–H groups in total. The Labute approximate surface area is 189 Å². The SMILES string of the molecule is O=C(O)CCCCCCN1C(=O)CC[C@@H]1/C=C/[C@@H](O)c1cccc(Oc2ccccc2)c1. The number of amides is 1. The number of hydrogen-bond donors (Lipinski definition) is 2. The third-order valence-electron chi connectivity index (χ3n) is 5.61. The van der Waals surface area contributed by atoms with Crippen molar-refractivity contribution in [2.45, 2.75) is 57.1 Å². The number of carboxylic acids is 1. The number of nitrogens with zero attached hydrogens (tertiary/aromatic N) is 1. The third-order valence-corrected chi connectivity index (χ3v) is 5.61. The van der Waals surface area contributed by atoms with Gasteiger partial charge in [0, 0.05) is 19.4 Å². The van der Waals surface area contributed by atoms with Crippen LogP contribution in [0.4, 0.5) is 0 Å². The molecule has 6 nitrogen and oxygen atoms in total. The van der Waals surface area contributed by atoms with Crippen LogP contribution in [0.3, 0.4) is 0 Å². The molecule has 0 unspecified atom stereocenters. The Hall–Kier alpha value is -3.12. The van der Waals surface area contributed by atoms with E-state index < -0.39 is 12.1 Å². The Balaban J connectivity index is 1.52. The molecule has 3 rings (SSSR count). The minimum Gasteiger partial charge on any atom is -0.481 e. The molecule has 1 heterocycles. The van der Waals surface area contributed by atoms with Crippen molar-refractivity contribution < 1.29 is 24.5 Å². The molecule has 32 heavy (non-hydrogen) atoms. The zero-order valence-electron chi connectivity index (χ0n) is 18.2. The zero-order chi connectivity index (χ0) is 22.8. The number of carboxylic acid groups (broad SMARTS) is 1. The Morgan fingerprint density at radius 1 is 1.06 bits per heavy atom. The molecule has 1 aliphatic heterocycles. The summed E-state index contributed by atoms with van der Waals surface area (Å²) >= 11 is 0. The summed E-state index contributed by atoms with van der Waals surface area (Å²) < 4.78 is 5.84. The van der Waals surface area contributed by atoms with Crippen LogP contribution in [0.15, 0.2) is 66.7 Å². The number of benzene rings is 2. The van der Waals surface area contributed by atoms with E-state index in [-0.39, 0.29) is 18.4 Å². The van der Waals surface area contributed by atoms with Crippen molar-refractivity contribution in [2.24, 2.45) is 0 Å². The summed E-state index contributed by atoms with van der Waals surface area (Å²) in [5.41, 5.74) is 0.726. The predicted molar refractivity (Wildman–Crippen MR) is 123 cm³/mol. The van der Waals surface area contributed by atoms with Gasteiger partial charge in [0.05, 0.1) is 12.1 Å². The van der Waals surface area contributed by atoms with Gasteiger partial charge in [-0.05, 0) is 49.1 Å². The predicted octanol–water partition coefficient (Wildman–Crippen LogP) is 5.09. The molecule has 170 valence electrons. The van der Waals surface area contributed by atoms with E-state index in [4.69, 9.17) is 9.84 Å². The monoisotopic (exact) mass is 437 g/mol. The Morgan fingerprint density at radius 3 is 2.59 bits per heavy atom. The lowest BCUT2D eigenvalue weighted by Gasteiger charge is -2.22. The summed E-state index contributed by atoms with van der Waals surface area (Å²) in [4.78, 5) is 24.7. The van der Waals surface area contributed by atoms with Crippen LogP contribution >= 0.6 is 0 Å². The van der Waals surface area contributed by atoms with Crippen LogP contribution in [0.5, 0.6) is 11.5 Å². The third kappa shape index (κ3) is 7.24. The summed E-state index contributed by atoms with van der Waals surface area (Å²) in [6.45, 7) is 0.664. The Bertz CT molecular complexity index is 911. The van der Waals surface area contributed by atoms with Crippen molar-refractivity contribution in [3.8, 4) is 11.5 Å². The van der Waals surface area contributed by atoms with Crippen molar-refractivity contribution in [1.29, 1.82) is 0 Å². The van der Waals surface area contributed by atoms with Crippen molar-refractivity contribution >= 4 is 11.9 Å². The van der Waals surface area contributed by atoms with Gasteiger partial charge in [0.25, 0.3) is 0 Å². The molecule has 0 aliphatic carbocycles. The minimum atomic E-state index is -0.789. The quantitative estimate of drug-likeness (QED) is 0.357. The van der Waals surface area contributed by atoms with Crippen LogP contribution in [0.25, 0.3) is 0 Å². The number of likely N-dealkylation sites (tertiary alicyclic amines) is 1. The lowest BCUT2D eigenvalue weighted by atomic mass is 10.1. The highest BCUT2D eigenvalue weighted by Crippen LogP contribution is 2.26. The van der Waals surface area contributed by atoms with E-state index in [0.29, 0.717) is 25.1 Å². The van der Waals surface area contributed by atoms with Gasteiger partial charge >= 0.3 is 5.97 Å². The number of aliphatic hydroxyl groups is 1. The average Bonchev–Trinajstić information content (AvgIpc) is 3.14. The van der Waals surface area contributed by atoms with Gasteiger partial charge in [-0.3, -0.25) is 9.59 Å². The lowest BCUT2D eigenvalue weighted by Crippen LogP contribution is -2.32. The minimum absolute atomic E-state index is 0.0140. The maximum Gasteiger partial charge on any atom is 0.303 e. The Morgan fingerprint density at radius 2 is 1.81 bits per heavy atom. The molecule has 0 saturated carbocycles.